The molecule has 0 amide bonds. The predicted molar refractivity (Wildman–Crippen MR) is 70.2 cm³/mol. The quantitative estimate of drug-likeness (QED) is 0.926. The Kier molecular flexibility index (Phi) is 2.43. The first-order chi connectivity index (χ1) is 8.16. The van der Waals surface area contributed by atoms with Crippen LogP contribution in [-0.2, 0) is 0 Å². The fourth-order valence-corrected chi connectivity index (χ4v) is 2.30. The number of nitrogens with zero attached hydrogens (tertiary/aromatic N) is 3. The highest BCUT2D eigenvalue weighted by Crippen LogP contribution is 2.39. The monoisotopic (exact) mass is 292 g/mol. The van der Waals surface area contributed by atoms with E-state index >= 15 is 0 Å². The molecule has 0 aliphatic heterocycles. The minimum absolute atomic E-state index is 0.657. The molecule has 1 aliphatic rings. The van der Waals surface area contributed by atoms with Gasteiger partial charge in [-0.05, 0) is 47.3 Å². The molecule has 0 spiro atoms. The molecule has 2 heterocycles. The molecule has 0 atom stereocenters. The van der Waals surface area contributed by atoms with Gasteiger partial charge in [-0.25, -0.2) is 9.67 Å². The number of anilines is 1. The van der Waals surface area contributed by atoms with E-state index in [4.69, 9.17) is 5.73 Å². The summed E-state index contributed by atoms with van der Waals surface area (Å²) < 4.78 is 2.72. The van der Waals surface area contributed by atoms with E-state index in [-0.39, 0.29) is 0 Å². The van der Waals surface area contributed by atoms with Gasteiger partial charge in [0.25, 0.3) is 0 Å². The first kappa shape index (κ1) is 10.8. The van der Waals surface area contributed by atoms with Crippen LogP contribution >= 0.6 is 15.9 Å². The summed E-state index contributed by atoms with van der Waals surface area (Å²) in [5.41, 5.74) is 8.66. The Morgan fingerprint density at radius 2 is 2.24 bits per heavy atom. The fraction of sp³-hybridized carbons (Fsp3) is 0.333. The first-order valence-electron chi connectivity index (χ1n) is 5.63. The van der Waals surface area contributed by atoms with Crippen LogP contribution in [0.3, 0.4) is 0 Å². The molecule has 0 aromatic carbocycles. The van der Waals surface area contributed by atoms with Crippen molar-refractivity contribution < 1.29 is 0 Å². The summed E-state index contributed by atoms with van der Waals surface area (Å²) in [4.78, 5) is 4.33. The van der Waals surface area contributed by atoms with Crippen molar-refractivity contribution in [1.82, 2.24) is 14.8 Å². The number of nitrogens with two attached hydrogens (primary N) is 1. The van der Waals surface area contributed by atoms with Crippen LogP contribution in [-0.4, -0.2) is 14.8 Å². The Labute approximate surface area is 108 Å². The molecule has 88 valence electrons. The Bertz CT molecular complexity index is 572. The van der Waals surface area contributed by atoms with Gasteiger partial charge in [0.05, 0.1) is 22.1 Å². The highest BCUT2D eigenvalue weighted by atomic mass is 79.9. The molecule has 17 heavy (non-hydrogen) atoms. The molecule has 1 fully saturated rings. The van der Waals surface area contributed by atoms with E-state index in [1.54, 1.807) is 6.20 Å². The molecule has 1 aliphatic carbocycles. The third-order valence-corrected chi connectivity index (χ3v) is 4.06. The van der Waals surface area contributed by atoms with Crippen molar-refractivity contribution >= 4 is 21.6 Å². The third-order valence-electron chi connectivity index (χ3n) is 3.11. The SMILES string of the molecule is Cc1c(N)cnc(-n2ccc(C3CC3)n2)c1Br. The number of nitrogen functional groups attached to an aromatic ring is 1. The predicted octanol–water partition coefficient (Wildman–Crippen LogP) is 2.80. The summed E-state index contributed by atoms with van der Waals surface area (Å²) in [7, 11) is 0. The molecule has 2 aromatic heterocycles. The van der Waals surface area contributed by atoms with Crippen molar-refractivity contribution in [2.75, 3.05) is 5.73 Å². The Hall–Kier alpha value is -1.36. The minimum atomic E-state index is 0.657. The summed E-state index contributed by atoms with van der Waals surface area (Å²) in [6.07, 6.45) is 6.14. The van der Waals surface area contributed by atoms with E-state index in [0.29, 0.717) is 11.6 Å². The molecule has 0 bridgehead atoms. The Morgan fingerprint density at radius 3 is 2.94 bits per heavy atom. The van der Waals surface area contributed by atoms with Gasteiger partial charge in [-0.1, -0.05) is 0 Å². The lowest BCUT2D eigenvalue weighted by Gasteiger charge is -2.08. The Morgan fingerprint density at radius 1 is 1.47 bits per heavy atom. The number of rotatable bonds is 2. The summed E-state index contributed by atoms with van der Waals surface area (Å²) in [5.74, 6) is 1.45. The standard InChI is InChI=1S/C12H13BrN4/c1-7-9(14)6-15-12(11(7)13)17-5-4-10(16-17)8-2-3-8/h4-6,8H,2-3,14H2,1H3. The highest BCUT2D eigenvalue weighted by molar-refractivity contribution is 9.10. The normalized spacial score (nSPS) is 15.2. The average molecular weight is 293 g/mol. The van der Waals surface area contributed by atoms with Crippen LogP contribution in [0.2, 0.25) is 0 Å². The van der Waals surface area contributed by atoms with E-state index in [1.165, 1.54) is 12.8 Å². The van der Waals surface area contributed by atoms with Crippen LogP contribution < -0.4 is 5.73 Å². The number of pyridine rings is 1. The van der Waals surface area contributed by atoms with Gasteiger partial charge in [-0.3, -0.25) is 0 Å². The van der Waals surface area contributed by atoms with Crippen LogP contribution in [0.4, 0.5) is 5.69 Å². The van der Waals surface area contributed by atoms with Gasteiger partial charge in [0.15, 0.2) is 5.82 Å². The van der Waals surface area contributed by atoms with Crippen molar-refractivity contribution in [2.45, 2.75) is 25.7 Å². The van der Waals surface area contributed by atoms with Crippen LogP contribution in [0.5, 0.6) is 0 Å². The van der Waals surface area contributed by atoms with Gasteiger partial charge in [-0.2, -0.15) is 5.10 Å². The van der Waals surface area contributed by atoms with E-state index in [0.717, 1.165) is 21.5 Å². The molecule has 0 radical (unpaired) electrons. The molecular formula is C12H13BrN4. The Balaban J connectivity index is 2.05. The highest BCUT2D eigenvalue weighted by Gasteiger charge is 2.26. The van der Waals surface area contributed by atoms with Crippen molar-refractivity contribution in [3.8, 4) is 5.82 Å². The van der Waals surface area contributed by atoms with Crippen molar-refractivity contribution in [3.05, 3.63) is 34.2 Å². The lowest BCUT2D eigenvalue weighted by Crippen LogP contribution is -2.03. The smallest absolute Gasteiger partial charge is 0.168 e. The second-order valence-corrected chi connectivity index (χ2v) is 5.23. The second-order valence-electron chi connectivity index (χ2n) is 4.44. The molecule has 1 saturated carbocycles. The summed E-state index contributed by atoms with van der Waals surface area (Å²) >= 11 is 3.53. The van der Waals surface area contributed by atoms with Gasteiger partial charge in [0, 0.05) is 12.1 Å². The van der Waals surface area contributed by atoms with Gasteiger partial charge in [-0.15, -0.1) is 0 Å². The van der Waals surface area contributed by atoms with E-state index < -0.39 is 0 Å². The van der Waals surface area contributed by atoms with E-state index in [2.05, 4.69) is 32.1 Å². The number of halogens is 1. The number of hydrogen-bond donors (Lipinski definition) is 1. The summed E-state index contributed by atoms with van der Waals surface area (Å²) in [6, 6.07) is 2.07. The lowest BCUT2D eigenvalue weighted by molar-refractivity contribution is 0.807. The zero-order valence-electron chi connectivity index (χ0n) is 9.52. The number of hydrogen-bond acceptors (Lipinski definition) is 3. The van der Waals surface area contributed by atoms with E-state index in [9.17, 15) is 0 Å². The van der Waals surface area contributed by atoms with Crippen LogP contribution in [0.15, 0.2) is 22.9 Å². The van der Waals surface area contributed by atoms with Gasteiger partial charge >= 0.3 is 0 Å². The maximum Gasteiger partial charge on any atom is 0.168 e. The zero-order valence-corrected chi connectivity index (χ0v) is 11.1. The maximum absolute atomic E-state index is 5.81. The maximum atomic E-state index is 5.81. The topological polar surface area (TPSA) is 56.7 Å². The molecule has 5 heteroatoms. The fourth-order valence-electron chi connectivity index (χ4n) is 1.79. The molecule has 0 saturated heterocycles. The molecule has 4 nitrogen and oxygen atoms in total. The van der Waals surface area contributed by atoms with Crippen molar-refractivity contribution in [3.63, 3.8) is 0 Å². The van der Waals surface area contributed by atoms with Crippen LogP contribution in [0, 0.1) is 6.92 Å². The molecule has 3 rings (SSSR count). The third kappa shape index (κ3) is 1.84. The van der Waals surface area contributed by atoms with E-state index in [1.807, 2.05) is 17.8 Å². The van der Waals surface area contributed by atoms with Gasteiger partial charge in [0.1, 0.15) is 0 Å². The minimum Gasteiger partial charge on any atom is -0.397 e. The molecule has 2 N–H and O–H groups in total. The summed E-state index contributed by atoms with van der Waals surface area (Å²) in [6.45, 7) is 1.97. The van der Waals surface area contributed by atoms with Crippen LogP contribution in [0.25, 0.3) is 5.82 Å². The number of aromatic nitrogens is 3. The van der Waals surface area contributed by atoms with Gasteiger partial charge in [0.2, 0.25) is 0 Å². The first-order valence-corrected chi connectivity index (χ1v) is 6.42. The largest absolute Gasteiger partial charge is 0.397 e. The van der Waals surface area contributed by atoms with Crippen molar-refractivity contribution in [1.29, 1.82) is 0 Å². The molecule has 2 aromatic rings. The van der Waals surface area contributed by atoms with Gasteiger partial charge < -0.3 is 5.73 Å². The lowest BCUT2D eigenvalue weighted by atomic mass is 10.2. The van der Waals surface area contributed by atoms with Crippen LogP contribution in [0.1, 0.15) is 30.0 Å². The van der Waals surface area contributed by atoms with Crippen molar-refractivity contribution in [2.24, 2.45) is 0 Å². The zero-order chi connectivity index (χ0) is 12.0. The summed E-state index contributed by atoms with van der Waals surface area (Å²) in [5, 5.41) is 4.56. The molecule has 0 unspecified atom stereocenters. The molecular weight excluding hydrogens is 280 g/mol. The average Bonchev–Trinajstić information content (AvgIpc) is 3.06. The second kappa shape index (κ2) is 3.84.